The van der Waals surface area contributed by atoms with Crippen molar-refractivity contribution in [3.05, 3.63) is 29.6 Å². The molecule has 0 aromatic carbocycles. The monoisotopic (exact) mass is 231 g/mol. The number of hydrogen-bond donors (Lipinski definition) is 1. The zero-order chi connectivity index (χ0) is 12.4. The SMILES string of the molecule is Cc1cncc(-c2onc(N)c2CC(C)C)c1. The molecule has 4 heteroatoms. The van der Waals surface area contributed by atoms with Gasteiger partial charge in [-0.15, -0.1) is 0 Å². The van der Waals surface area contributed by atoms with Gasteiger partial charge < -0.3 is 10.3 Å². The van der Waals surface area contributed by atoms with Crippen LogP contribution in [0.5, 0.6) is 0 Å². The van der Waals surface area contributed by atoms with Crippen molar-refractivity contribution in [2.75, 3.05) is 5.73 Å². The summed E-state index contributed by atoms with van der Waals surface area (Å²) in [6.45, 7) is 6.29. The molecule has 0 spiro atoms. The van der Waals surface area contributed by atoms with Crippen molar-refractivity contribution in [2.45, 2.75) is 27.2 Å². The lowest BCUT2D eigenvalue weighted by Gasteiger charge is -2.05. The van der Waals surface area contributed by atoms with Gasteiger partial charge in [0.05, 0.1) is 0 Å². The van der Waals surface area contributed by atoms with E-state index in [0.29, 0.717) is 11.7 Å². The molecule has 4 nitrogen and oxygen atoms in total. The minimum atomic E-state index is 0.482. The standard InChI is InChI=1S/C13H17N3O/c1-8(2)4-11-12(17-16-13(11)14)10-5-9(3)6-15-7-10/h5-8H,4H2,1-3H3,(H2,14,16). The highest BCUT2D eigenvalue weighted by Gasteiger charge is 2.16. The molecule has 2 rings (SSSR count). The Balaban J connectivity index is 2.45. The van der Waals surface area contributed by atoms with Gasteiger partial charge in [-0.05, 0) is 30.9 Å². The molecule has 0 saturated heterocycles. The average molecular weight is 231 g/mol. The van der Waals surface area contributed by atoms with E-state index in [1.165, 1.54) is 0 Å². The molecule has 0 atom stereocenters. The van der Waals surface area contributed by atoms with E-state index in [0.717, 1.165) is 28.9 Å². The molecular weight excluding hydrogens is 214 g/mol. The van der Waals surface area contributed by atoms with Crippen molar-refractivity contribution in [3.8, 4) is 11.3 Å². The van der Waals surface area contributed by atoms with Crippen molar-refractivity contribution >= 4 is 5.82 Å². The fraction of sp³-hybridized carbons (Fsp3) is 0.385. The first-order valence-electron chi connectivity index (χ1n) is 5.74. The van der Waals surface area contributed by atoms with Crippen LogP contribution in [-0.4, -0.2) is 10.1 Å². The van der Waals surface area contributed by atoms with Crippen LogP contribution >= 0.6 is 0 Å². The van der Waals surface area contributed by atoms with Crippen LogP contribution in [0.3, 0.4) is 0 Å². The van der Waals surface area contributed by atoms with Crippen LogP contribution in [0.2, 0.25) is 0 Å². The Morgan fingerprint density at radius 1 is 1.35 bits per heavy atom. The molecule has 2 aromatic rings. The molecule has 0 fully saturated rings. The van der Waals surface area contributed by atoms with E-state index in [9.17, 15) is 0 Å². The number of pyridine rings is 1. The van der Waals surface area contributed by atoms with Gasteiger partial charge in [0.15, 0.2) is 11.6 Å². The first kappa shape index (κ1) is 11.6. The van der Waals surface area contributed by atoms with Crippen molar-refractivity contribution in [1.82, 2.24) is 10.1 Å². The molecule has 0 unspecified atom stereocenters. The van der Waals surface area contributed by atoms with Crippen LogP contribution in [0.15, 0.2) is 23.0 Å². The number of hydrogen-bond acceptors (Lipinski definition) is 4. The summed E-state index contributed by atoms with van der Waals surface area (Å²) in [6, 6.07) is 2.02. The Morgan fingerprint density at radius 2 is 2.12 bits per heavy atom. The van der Waals surface area contributed by atoms with Crippen LogP contribution in [0.1, 0.15) is 25.0 Å². The fourth-order valence-corrected chi connectivity index (χ4v) is 1.83. The lowest BCUT2D eigenvalue weighted by atomic mass is 10.00. The summed E-state index contributed by atoms with van der Waals surface area (Å²) in [6.07, 6.45) is 4.45. The van der Waals surface area contributed by atoms with E-state index < -0.39 is 0 Å². The normalized spacial score (nSPS) is 11.1. The molecule has 90 valence electrons. The Kier molecular flexibility index (Phi) is 3.13. The van der Waals surface area contributed by atoms with Crippen LogP contribution < -0.4 is 5.73 Å². The Morgan fingerprint density at radius 3 is 2.76 bits per heavy atom. The van der Waals surface area contributed by atoms with E-state index in [2.05, 4.69) is 24.0 Å². The smallest absolute Gasteiger partial charge is 0.173 e. The number of anilines is 1. The summed E-state index contributed by atoms with van der Waals surface area (Å²) in [5.74, 6) is 1.73. The molecule has 0 bridgehead atoms. The topological polar surface area (TPSA) is 64.9 Å². The lowest BCUT2D eigenvalue weighted by Crippen LogP contribution is -1.99. The molecule has 0 aliphatic rings. The second kappa shape index (κ2) is 4.57. The molecule has 0 saturated carbocycles. The van der Waals surface area contributed by atoms with E-state index in [1.807, 2.05) is 19.2 Å². The summed E-state index contributed by atoms with van der Waals surface area (Å²) < 4.78 is 5.32. The molecule has 0 amide bonds. The molecule has 2 aromatic heterocycles. The van der Waals surface area contributed by atoms with Gasteiger partial charge >= 0.3 is 0 Å². The number of rotatable bonds is 3. The molecule has 0 aliphatic heterocycles. The number of aromatic nitrogens is 2. The Bertz CT molecular complexity index is 517. The van der Waals surface area contributed by atoms with Gasteiger partial charge in [0, 0.05) is 23.5 Å². The second-order valence-electron chi connectivity index (χ2n) is 4.72. The van der Waals surface area contributed by atoms with Gasteiger partial charge in [-0.1, -0.05) is 19.0 Å². The second-order valence-corrected chi connectivity index (χ2v) is 4.72. The number of aryl methyl sites for hydroxylation is 1. The Labute approximate surface area is 101 Å². The van der Waals surface area contributed by atoms with Crippen LogP contribution in [0, 0.1) is 12.8 Å². The largest absolute Gasteiger partial charge is 0.381 e. The highest BCUT2D eigenvalue weighted by molar-refractivity contribution is 5.65. The van der Waals surface area contributed by atoms with Gasteiger partial charge in [-0.3, -0.25) is 4.98 Å². The molecular formula is C13H17N3O. The summed E-state index contributed by atoms with van der Waals surface area (Å²) in [4.78, 5) is 4.16. The van der Waals surface area contributed by atoms with Gasteiger partial charge in [-0.2, -0.15) is 0 Å². The molecule has 2 heterocycles. The maximum Gasteiger partial charge on any atom is 0.173 e. The van der Waals surface area contributed by atoms with E-state index in [1.54, 1.807) is 6.20 Å². The summed E-state index contributed by atoms with van der Waals surface area (Å²) in [7, 11) is 0. The minimum absolute atomic E-state index is 0.482. The van der Waals surface area contributed by atoms with Gasteiger partial charge in [0.1, 0.15) is 0 Å². The molecule has 2 N–H and O–H groups in total. The van der Waals surface area contributed by atoms with E-state index in [4.69, 9.17) is 10.3 Å². The highest BCUT2D eigenvalue weighted by atomic mass is 16.5. The zero-order valence-electron chi connectivity index (χ0n) is 10.4. The van der Waals surface area contributed by atoms with Crippen LogP contribution in [-0.2, 0) is 6.42 Å². The maximum absolute atomic E-state index is 5.84. The van der Waals surface area contributed by atoms with Crippen molar-refractivity contribution in [2.24, 2.45) is 5.92 Å². The van der Waals surface area contributed by atoms with Crippen molar-refractivity contribution in [1.29, 1.82) is 0 Å². The van der Waals surface area contributed by atoms with Crippen molar-refractivity contribution < 1.29 is 4.52 Å². The van der Waals surface area contributed by atoms with Gasteiger partial charge in [0.25, 0.3) is 0 Å². The predicted octanol–water partition coefficient (Wildman–Crippen LogP) is 2.83. The molecule has 0 radical (unpaired) electrons. The van der Waals surface area contributed by atoms with E-state index in [-0.39, 0.29) is 0 Å². The fourth-order valence-electron chi connectivity index (χ4n) is 1.83. The quantitative estimate of drug-likeness (QED) is 0.882. The van der Waals surface area contributed by atoms with Crippen molar-refractivity contribution in [3.63, 3.8) is 0 Å². The third-order valence-electron chi connectivity index (χ3n) is 2.57. The zero-order valence-corrected chi connectivity index (χ0v) is 10.4. The minimum Gasteiger partial charge on any atom is -0.381 e. The number of nitrogens with zero attached hydrogens (tertiary/aromatic N) is 2. The van der Waals surface area contributed by atoms with Crippen LogP contribution in [0.25, 0.3) is 11.3 Å². The molecule has 0 aliphatic carbocycles. The lowest BCUT2D eigenvalue weighted by molar-refractivity contribution is 0.434. The van der Waals surface area contributed by atoms with Gasteiger partial charge in [-0.25, -0.2) is 0 Å². The number of nitrogens with two attached hydrogens (primary N) is 1. The average Bonchev–Trinajstić information content (AvgIpc) is 2.60. The van der Waals surface area contributed by atoms with E-state index >= 15 is 0 Å². The summed E-state index contributed by atoms with van der Waals surface area (Å²) >= 11 is 0. The third kappa shape index (κ3) is 2.46. The van der Waals surface area contributed by atoms with Crippen LogP contribution in [0.4, 0.5) is 5.82 Å². The predicted molar refractivity (Wildman–Crippen MR) is 67.4 cm³/mol. The summed E-state index contributed by atoms with van der Waals surface area (Å²) in [5, 5.41) is 3.85. The molecule has 17 heavy (non-hydrogen) atoms. The third-order valence-corrected chi connectivity index (χ3v) is 2.57. The first-order valence-corrected chi connectivity index (χ1v) is 5.74. The highest BCUT2D eigenvalue weighted by Crippen LogP contribution is 2.29. The number of nitrogen functional groups attached to an aromatic ring is 1. The Hall–Kier alpha value is -1.84. The first-order chi connectivity index (χ1) is 8.08. The maximum atomic E-state index is 5.84. The summed E-state index contributed by atoms with van der Waals surface area (Å²) in [5.41, 5.74) is 8.84. The van der Waals surface area contributed by atoms with Gasteiger partial charge in [0.2, 0.25) is 0 Å².